The minimum absolute atomic E-state index is 0.0445. The van der Waals surface area contributed by atoms with Crippen LogP contribution in [0.5, 0.6) is 0 Å². The molecule has 2 aromatic carbocycles. The smallest absolute Gasteiger partial charge is 0.286 e. The number of piperidine rings is 1. The number of halogens is 1. The maximum Gasteiger partial charge on any atom is 0.286 e. The van der Waals surface area contributed by atoms with Gasteiger partial charge in [-0.05, 0) is 55.7 Å². The third kappa shape index (κ3) is 4.52. The number of likely N-dealkylation sites (tertiary alicyclic amines) is 1. The second-order valence-corrected chi connectivity index (χ2v) is 8.76. The van der Waals surface area contributed by atoms with Crippen molar-refractivity contribution in [3.8, 4) is 0 Å². The molecule has 1 fully saturated rings. The molecule has 3 aromatic rings. The van der Waals surface area contributed by atoms with E-state index in [1.165, 1.54) is 11.3 Å². The zero-order valence-electron chi connectivity index (χ0n) is 16.5. The van der Waals surface area contributed by atoms with Gasteiger partial charge in [-0.15, -0.1) is 10.2 Å². The molecule has 4 rings (SSSR count). The molecule has 0 spiro atoms. The van der Waals surface area contributed by atoms with Crippen molar-refractivity contribution in [3.63, 3.8) is 0 Å². The Balaban J connectivity index is 1.44. The minimum atomic E-state index is -0.301. The summed E-state index contributed by atoms with van der Waals surface area (Å²) in [4.78, 5) is 27.3. The maximum absolute atomic E-state index is 13.0. The van der Waals surface area contributed by atoms with Gasteiger partial charge in [0.05, 0.1) is 0 Å². The number of hydrogen-bond acceptors (Lipinski definition) is 5. The molecule has 1 aliphatic rings. The Morgan fingerprint density at radius 2 is 1.90 bits per heavy atom. The van der Waals surface area contributed by atoms with E-state index in [-0.39, 0.29) is 17.7 Å². The fraction of sp³-hybridized carbons (Fsp3) is 0.273. The van der Waals surface area contributed by atoms with Crippen LogP contribution in [-0.4, -0.2) is 40.0 Å². The summed E-state index contributed by atoms with van der Waals surface area (Å²) in [6.07, 6.45) is 1.82. The van der Waals surface area contributed by atoms with Gasteiger partial charge in [-0.1, -0.05) is 41.1 Å². The Hall–Kier alpha value is -2.77. The third-order valence-corrected chi connectivity index (χ3v) is 6.51. The van der Waals surface area contributed by atoms with Crippen LogP contribution >= 0.6 is 22.9 Å². The molecule has 0 bridgehead atoms. The van der Waals surface area contributed by atoms with Crippen LogP contribution in [0.4, 0.5) is 5.69 Å². The van der Waals surface area contributed by atoms with E-state index in [1.54, 1.807) is 24.3 Å². The van der Waals surface area contributed by atoms with Crippen molar-refractivity contribution in [1.29, 1.82) is 0 Å². The summed E-state index contributed by atoms with van der Waals surface area (Å²) in [6, 6.07) is 14.5. The van der Waals surface area contributed by atoms with E-state index in [9.17, 15) is 9.59 Å². The van der Waals surface area contributed by atoms with Gasteiger partial charge in [-0.3, -0.25) is 9.59 Å². The number of benzene rings is 2. The van der Waals surface area contributed by atoms with Crippen LogP contribution in [0.25, 0.3) is 0 Å². The Kier molecular flexibility index (Phi) is 6.11. The van der Waals surface area contributed by atoms with E-state index in [0.29, 0.717) is 22.3 Å². The molecule has 0 unspecified atom stereocenters. The molecule has 1 aliphatic heterocycles. The first-order valence-corrected chi connectivity index (χ1v) is 11.0. The molecule has 6 nitrogen and oxygen atoms in total. The first-order valence-electron chi connectivity index (χ1n) is 9.76. The molecule has 1 aromatic heterocycles. The number of rotatable bonds is 4. The molecule has 1 atom stereocenters. The normalized spacial score (nSPS) is 16.3. The van der Waals surface area contributed by atoms with Crippen molar-refractivity contribution in [1.82, 2.24) is 15.1 Å². The van der Waals surface area contributed by atoms with Crippen LogP contribution in [0.2, 0.25) is 5.02 Å². The number of amides is 2. The van der Waals surface area contributed by atoms with Crippen molar-refractivity contribution in [2.24, 2.45) is 0 Å². The summed E-state index contributed by atoms with van der Waals surface area (Å²) in [5.41, 5.74) is 2.36. The monoisotopic (exact) mass is 440 g/mol. The van der Waals surface area contributed by atoms with Crippen molar-refractivity contribution >= 4 is 40.4 Å². The summed E-state index contributed by atoms with van der Waals surface area (Å²) in [7, 11) is 0. The summed E-state index contributed by atoms with van der Waals surface area (Å²) in [5.74, 6) is -0.172. The number of anilines is 1. The Bertz CT molecular complexity index is 1070. The lowest BCUT2D eigenvalue weighted by Gasteiger charge is -2.32. The molecule has 2 heterocycles. The van der Waals surface area contributed by atoms with Crippen LogP contribution in [0.15, 0.2) is 48.5 Å². The van der Waals surface area contributed by atoms with Crippen LogP contribution in [-0.2, 0) is 0 Å². The van der Waals surface area contributed by atoms with E-state index in [1.807, 2.05) is 36.1 Å². The van der Waals surface area contributed by atoms with Crippen LogP contribution in [0.3, 0.4) is 0 Å². The molecule has 30 heavy (non-hydrogen) atoms. The quantitative estimate of drug-likeness (QED) is 0.633. The van der Waals surface area contributed by atoms with Gasteiger partial charge in [-0.25, -0.2) is 0 Å². The number of nitrogens with one attached hydrogen (secondary N) is 1. The Labute approximate surface area is 183 Å². The lowest BCUT2D eigenvalue weighted by molar-refractivity contribution is 0.0706. The van der Waals surface area contributed by atoms with Crippen molar-refractivity contribution in [2.75, 3.05) is 18.4 Å². The number of aromatic nitrogens is 2. The van der Waals surface area contributed by atoms with Gasteiger partial charge in [0.1, 0.15) is 5.01 Å². The number of carbonyl (C=O) groups is 2. The highest BCUT2D eigenvalue weighted by molar-refractivity contribution is 7.13. The molecule has 0 aliphatic carbocycles. The SMILES string of the molecule is Cc1ccccc1C(=O)N1CCC[C@@H](c2nnc(C(=O)Nc3ccc(Cl)cc3)s2)C1. The molecule has 1 saturated heterocycles. The van der Waals surface area contributed by atoms with Crippen LogP contribution in [0.1, 0.15) is 49.5 Å². The van der Waals surface area contributed by atoms with Gasteiger partial charge in [0.25, 0.3) is 11.8 Å². The largest absolute Gasteiger partial charge is 0.338 e. The highest BCUT2D eigenvalue weighted by Gasteiger charge is 2.29. The molecule has 8 heteroatoms. The van der Waals surface area contributed by atoms with Gasteiger partial charge in [-0.2, -0.15) is 0 Å². The van der Waals surface area contributed by atoms with Gasteiger partial charge < -0.3 is 10.2 Å². The van der Waals surface area contributed by atoms with E-state index in [0.717, 1.165) is 35.5 Å². The minimum Gasteiger partial charge on any atom is -0.338 e. The molecular weight excluding hydrogens is 420 g/mol. The van der Waals surface area contributed by atoms with Crippen molar-refractivity contribution in [2.45, 2.75) is 25.7 Å². The molecule has 0 saturated carbocycles. The topological polar surface area (TPSA) is 75.2 Å². The lowest BCUT2D eigenvalue weighted by Crippen LogP contribution is -2.39. The summed E-state index contributed by atoms with van der Waals surface area (Å²) < 4.78 is 0. The van der Waals surface area contributed by atoms with Gasteiger partial charge >= 0.3 is 0 Å². The number of aryl methyl sites for hydroxylation is 1. The Morgan fingerprint density at radius 3 is 2.67 bits per heavy atom. The molecule has 2 amide bonds. The van der Waals surface area contributed by atoms with Gasteiger partial charge in [0, 0.05) is 35.3 Å². The third-order valence-electron chi connectivity index (χ3n) is 5.17. The molecule has 1 N–H and O–H groups in total. The fourth-order valence-electron chi connectivity index (χ4n) is 3.56. The predicted molar refractivity (Wildman–Crippen MR) is 118 cm³/mol. The first-order chi connectivity index (χ1) is 14.5. The number of hydrogen-bond donors (Lipinski definition) is 1. The van der Waals surface area contributed by atoms with Crippen molar-refractivity contribution < 1.29 is 9.59 Å². The molecule has 0 radical (unpaired) electrons. The lowest BCUT2D eigenvalue weighted by atomic mass is 9.97. The van der Waals surface area contributed by atoms with E-state index in [4.69, 9.17) is 11.6 Å². The highest BCUT2D eigenvalue weighted by Crippen LogP contribution is 2.30. The van der Waals surface area contributed by atoms with E-state index >= 15 is 0 Å². The average molecular weight is 441 g/mol. The summed E-state index contributed by atoms with van der Waals surface area (Å²) in [6.45, 7) is 3.26. The van der Waals surface area contributed by atoms with E-state index < -0.39 is 0 Å². The second kappa shape index (κ2) is 8.93. The average Bonchev–Trinajstić information content (AvgIpc) is 3.26. The van der Waals surface area contributed by atoms with Crippen LogP contribution in [0, 0.1) is 6.92 Å². The number of carbonyl (C=O) groups excluding carboxylic acids is 2. The summed E-state index contributed by atoms with van der Waals surface area (Å²) in [5, 5.41) is 12.8. The predicted octanol–water partition coefficient (Wildman–Crippen LogP) is 4.77. The summed E-state index contributed by atoms with van der Waals surface area (Å²) >= 11 is 7.16. The standard InChI is InChI=1S/C22H21ClN4O2S/c1-14-5-2-3-7-18(14)22(29)27-12-4-6-15(13-27)20-25-26-21(30-20)19(28)24-17-10-8-16(23)9-11-17/h2-3,5,7-11,15H,4,6,12-13H2,1H3,(H,24,28)/t15-/m1/s1. The number of nitrogens with zero attached hydrogens (tertiary/aromatic N) is 3. The second-order valence-electron chi connectivity index (χ2n) is 7.31. The fourth-order valence-corrected chi connectivity index (χ4v) is 4.55. The van der Waals surface area contributed by atoms with E-state index in [2.05, 4.69) is 15.5 Å². The van der Waals surface area contributed by atoms with Crippen LogP contribution < -0.4 is 5.32 Å². The van der Waals surface area contributed by atoms with Crippen molar-refractivity contribution in [3.05, 3.63) is 74.7 Å². The molecular formula is C22H21ClN4O2S. The maximum atomic E-state index is 13.0. The zero-order chi connectivity index (χ0) is 21.1. The highest BCUT2D eigenvalue weighted by atomic mass is 35.5. The Morgan fingerprint density at radius 1 is 1.13 bits per heavy atom. The zero-order valence-corrected chi connectivity index (χ0v) is 18.0. The van der Waals surface area contributed by atoms with Gasteiger partial charge in [0.15, 0.2) is 0 Å². The van der Waals surface area contributed by atoms with Gasteiger partial charge in [0.2, 0.25) is 5.01 Å². The molecule has 154 valence electrons. The first kappa shape index (κ1) is 20.5.